The summed E-state index contributed by atoms with van der Waals surface area (Å²) in [5.41, 5.74) is 5.85. The number of aromatic nitrogens is 1. The van der Waals surface area contributed by atoms with Crippen molar-refractivity contribution in [2.24, 2.45) is 5.73 Å². The Morgan fingerprint density at radius 2 is 2.06 bits per heavy atom. The number of halogens is 1. The van der Waals surface area contributed by atoms with E-state index in [2.05, 4.69) is 10.3 Å². The summed E-state index contributed by atoms with van der Waals surface area (Å²) in [6, 6.07) is 7.40. The van der Waals surface area contributed by atoms with Crippen LogP contribution in [-0.2, 0) is 0 Å². The first kappa shape index (κ1) is 11.8. The molecule has 1 aromatic carbocycles. The van der Waals surface area contributed by atoms with Crippen molar-refractivity contribution >= 4 is 28.3 Å². The Balaban J connectivity index is 2.48. The van der Waals surface area contributed by atoms with E-state index in [4.69, 9.17) is 17.3 Å². The molecule has 0 unspecified atom stereocenters. The quantitative estimate of drug-likeness (QED) is 0.812. The predicted octanol–water partition coefficient (Wildman–Crippen LogP) is 1.58. The highest BCUT2D eigenvalue weighted by Crippen LogP contribution is 2.23. The van der Waals surface area contributed by atoms with Gasteiger partial charge in [-0.15, -0.1) is 0 Å². The van der Waals surface area contributed by atoms with E-state index in [0.717, 1.165) is 10.8 Å². The Morgan fingerprint density at radius 1 is 1.35 bits per heavy atom. The van der Waals surface area contributed by atoms with Gasteiger partial charge in [0.2, 0.25) is 0 Å². The Labute approximate surface area is 104 Å². The van der Waals surface area contributed by atoms with E-state index < -0.39 is 0 Å². The molecule has 0 bridgehead atoms. The molecule has 1 heterocycles. The number of nitrogens with zero attached hydrogens (tertiary/aromatic N) is 1. The fourth-order valence-electron chi connectivity index (χ4n) is 1.62. The normalized spacial score (nSPS) is 10.5. The Bertz CT molecular complexity index is 556. The predicted molar refractivity (Wildman–Crippen MR) is 68.1 cm³/mol. The number of fused-ring (bicyclic) bond motifs is 1. The number of nitrogens with two attached hydrogens (primary N) is 1. The van der Waals surface area contributed by atoms with Crippen molar-refractivity contribution in [3.63, 3.8) is 0 Å². The van der Waals surface area contributed by atoms with Crippen LogP contribution in [0.25, 0.3) is 10.8 Å². The number of nitrogens with one attached hydrogen (secondary N) is 1. The summed E-state index contributed by atoms with van der Waals surface area (Å²) in [6.07, 6.45) is 1.48. The lowest BCUT2D eigenvalue weighted by atomic mass is 10.1. The van der Waals surface area contributed by atoms with Crippen molar-refractivity contribution in [3.05, 3.63) is 41.2 Å². The van der Waals surface area contributed by atoms with Crippen molar-refractivity contribution in [2.45, 2.75) is 0 Å². The zero-order chi connectivity index (χ0) is 12.3. The molecule has 2 rings (SSSR count). The van der Waals surface area contributed by atoms with Crippen LogP contribution in [-0.4, -0.2) is 24.0 Å². The van der Waals surface area contributed by atoms with Crippen LogP contribution < -0.4 is 11.1 Å². The van der Waals surface area contributed by atoms with Crippen molar-refractivity contribution in [1.29, 1.82) is 0 Å². The topological polar surface area (TPSA) is 68.0 Å². The minimum absolute atomic E-state index is 0.184. The van der Waals surface area contributed by atoms with Crippen LogP contribution in [0.1, 0.15) is 10.4 Å². The van der Waals surface area contributed by atoms with Gasteiger partial charge in [-0.05, 0) is 5.39 Å². The van der Waals surface area contributed by atoms with Crippen LogP contribution in [0.2, 0.25) is 5.15 Å². The third-order valence-corrected chi connectivity index (χ3v) is 2.72. The summed E-state index contributed by atoms with van der Waals surface area (Å²) in [6.45, 7) is 0.848. The van der Waals surface area contributed by atoms with Gasteiger partial charge in [-0.25, -0.2) is 4.98 Å². The molecular formula is C12H12ClN3O. The number of benzene rings is 1. The van der Waals surface area contributed by atoms with Crippen LogP contribution in [0.3, 0.4) is 0 Å². The third-order valence-electron chi connectivity index (χ3n) is 2.42. The van der Waals surface area contributed by atoms with Crippen LogP contribution in [0, 0.1) is 0 Å². The smallest absolute Gasteiger partial charge is 0.253 e. The molecule has 0 atom stereocenters. The molecular weight excluding hydrogens is 238 g/mol. The summed E-state index contributed by atoms with van der Waals surface area (Å²) in [5.74, 6) is -0.184. The summed E-state index contributed by atoms with van der Waals surface area (Å²) in [5, 5.41) is 4.68. The van der Waals surface area contributed by atoms with Crippen LogP contribution in [0.5, 0.6) is 0 Å². The van der Waals surface area contributed by atoms with Gasteiger partial charge >= 0.3 is 0 Å². The second-order valence-corrected chi connectivity index (χ2v) is 3.91. The minimum Gasteiger partial charge on any atom is -0.351 e. The third kappa shape index (κ3) is 2.38. The molecule has 5 heteroatoms. The van der Waals surface area contributed by atoms with E-state index in [0.29, 0.717) is 23.8 Å². The van der Waals surface area contributed by atoms with Crippen molar-refractivity contribution in [1.82, 2.24) is 10.3 Å². The molecule has 0 aliphatic carbocycles. The van der Waals surface area contributed by atoms with Crippen LogP contribution >= 0.6 is 11.6 Å². The molecule has 0 spiro atoms. The molecule has 2 aromatic rings. The van der Waals surface area contributed by atoms with Crippen molar-refractivity contribution < 1.29 is 4.79 Å². The molecule has 88 valence electrons. The number of hydrogen-bond acceptors (Lipinski definition) is 3. The fourth-order valence-corrected chi connectivity index (χ4v) is 1.83. The SMILES string of the molecule is NCCNC(=O)c1cnc(Cl)c2ccccc12. The first-order valence-corrected chi connectivity index (χ1v) is 5.63. The average molecular weight is 250 g/mol. The number of pyridine rings is 1. The molecule has 4 nitrogen and oxygen atoms in total. The second-order valence-electron chi connectivity index (χ2n) is 3.55. The first-order chi connectivity index (χ1) is 8.24. The van der Waals surface area contributed by atoms with Crippen LogP contribution in [0.4, 0.5) is 0 Å². The van der Waals surface area contributed by atoms with E-state index in [1.54, 1.807) is 0 Å². The molecule has 3 N–H and O–H groups in total. The fraction of sp³-hybridized carbons (Fsp3) is 0.167. The maximum absolute atomic E-state index is 11.9. The second kappa shape index (κ2) is 5.12. The van der Waals surface area contributed by atoms with Crippen molar-refractivity contribution in [3.8, 4) is 0 Å². The summed E-state index contributed by atoms with van der Waals surface area (Å²) in [4.78, 5) is 15.9. The van der Waals surface area contributed by atoms with Gasteiger partial charge in [0, 0.05) is 24.7 Å². The average Bonchev–Trinajstić information content (AvgIpc) is 2.37. The molecule has 0 radical (unpaired) electrons. The lowest BCUT2D eigenvalue weighted by Crippen LogP contribution is -2.29. The lowest BCUT2D eigenvalue weighted by Gasteiger charge is -2.07. The monoisotopic (exact) mass is 249 g/mol. The van der Waals surface area contributed by atoms with E-state index >= 15 is 0 Å². The molecule has 0 fully saturated rings. The molecule has 0 saturated heterocycles. The van der Waals surface area contributed by atoms with Gasteiger partial charge in [-0.1, -0.05) is 35.9 Å². The van der Waals surface area contributed by atoms with E-state index in [1.165, 1.54) is 6.20 Å². The first-order valence-electron chi connectivity index (χ1n) is 5.25. The summed E-state index contributed by atoms with van der Waals surface area (Å²) in [7, 11) is 0. The van der Waals surface area contributed by atoms with Gasteiger partial charge in [0.25, 0.3) is 5.91 Å². The van der Waals surface area contributed by atoms with Gasteiger partial charge in [-0.2, -0.15) is 0 Å². The molecule has 0 saturated carbocycles. The maximum Gasteiger partial charge on any atom is 0.253 e. The standard InChI is InChI=1S/C12H12ClN3O/c13-11-9-4-2-1-3-8(9)10(7-16-11)12(17)15-6-5-14/h1-4,7H,5-6,14H2,(H,15,17). The number of hydrogen-bond donors (Lipinski definition) is 2. The minimum atomic E-state index is -0.184. The Morgan fingerprint density at radius 3 is 2.76 bits per heavy atom. The molecule has 1 amide bonds. The number of rotatable bonds is 3. The lowest BCUT2D eigenvalue weighted by molar-refractivity contribution is 0.0956. The highest BCUT2D eigenvalue weighted by molar-refractivity contribution is 6.34. The van der Waals surface area contributed by atoms with E-state index in [-0.39, 0.29) is 5.91 Å². The molecule has 17 heavy (non-hydrogen) atoms. The molecule has 0 aliphatic heterocycles. The number of carbonyl (C=O) groups is 1. The van der Waals surface area contributed by atoms with Gasteiger partial charge in [-0.3, -0.25) is 4.79 Å². The Hall–Kier alpha value is -1.65. The largest absolute Gasteiger partial charge is 0.351 e. The van der Waals surface area contributed by atoms with Crippen molar-refractivity contribution in [2.75, 3.05) is 13.1 Å². The number of carbonyl (C=O) groups excluding carboxylic acids is 1. The molecule has 1 aromatic heterocycles. The van der Waals surface area contributed by atoms with E-state index in [1.807, 2.05) is 24.3 Å². The summed E-state index contributed by atoms with van der Waals surface area (Å²) >= 11 is 5.98. The highest BCUT2D eigenvalue weighted by Gasteiger charge is 2.11. The maximum atomic E-state index is 11.9. The molecule has 0 aliphatic rings. The van der Waals surface area contributed by atoms with Gasteiger partial charge < -0.3 is 11.1 Å². The van der Waals surface area contributed by atoms with Gasteiger partial charge in [0.05, 0.1) is 5.56 Å². The zero-order valence-electron chi connectivity index (χ0n) is 9.11. The summed E-state index contributed by atoms with van der Waals surface area (Å²) < 4.78 is 0. The van der Waals surface area contributed by atoms with Crippen LogP contribution in [0.15, 0.2) is 30.5 Å². The van der Waals surface area contributed by atoms with E-state index in [9.17, 15) is 4.79 Å². The number of amides is 1. The zero-order valence-corrected chi connectivity index (χ0v) is 9.87. The Kier molecular flexibility index (Phi) is 3.56. The highest BCUT2D eigenvalue weighted by atomic mass is 35.5. The van der Waals surface area contributed by atoms with Gasteiger partial charge in [0.15, 0.2) is 0 Å². The van der Waals surface area contributed by atoms with Gasteiger partial charge in [0.1, 0.15) is 5.15 Å².